The summed E-state index contributed by atoms with van der Waals surface area (Å²) in [6.45, 7) is 4.67. The van der Waals surface area contributed by atoms with Crippen molar-refractivity contribution >= 4 is 12.0 Å². The van der Waals surface area contributed by atoms with E-state index >= 15 is 0 Å². The predicted molar refractivity (Wildman–Crippen MR) is 113 cm³/mol. The lowest BCUT2D eigenvalue weighted by molar-refractivity contribution is -0.140. The molecule has 0 radical (unpaired) electrons. The van der Waals surface area contributed by atoms with Crippen LogP contribution in [0.15, 0.2) is 30.1 Å². The van der Waals surface area contributed by atoms with Crippen LogP contribution in [-0.2, 0) is 11.8 Å². The number of nitrogens with zero attached hydrogens (tertiary/aromatic N) is 3. The predicted octanol–water partition coefficient (Wildman–Crippen LogP) is 3.41. The number of rotatable bonds is 1. The number of aryl methyl sites for hydroxylation is 1. The third kappa shape index (κ3) is 2.56. The molecule has 2 heterocycles. The van der Waals surface area contributed by atoms with Gasteiger partial charge in [0.1, 0.15) is 5.82 Å². The minimum absolute atomic E-state index is 0.0456. The van der Waals surface area contributed by atoms with Gasteiger partial charge in [0.2, 0.25) is 5.91 Å². The van der Waals surface area contributed by atoms with Gasteiger partial charge in [-0.05, 0) is 67.6 Å². The molecule has 0 unspecified atom stereocenters. The van der Waals surface area contributed by atoms with E-state index in [1.54, 1.807) is 6.08 Å². The summed E-state index contributed by atoms with van der Waals surface area (Å²) >= 11 is 0. The molecule has 5 nitrogen and oxygen atoms in total. The van der Waals surface area contributed by atoms with Gasteiger partial charge in [-0.1, -0.05) is 19.9 Å². The lowest BCUT2D eigenvalue weighted by atomic mass is 9.48. The van der Waals surface area contributed by atoms with Crippen LogP contribution in [0.2, 0.25) is 0 Å². The number of fused-ring (bicyclic) bond motifs is 5. The molecule has 3 saturated carbocycles. The summed E-state index contributed by atoms with van der Waals surface area (Å²) in [5.74, 6) is 2.73. The lowest BCUT2D eigenvalue weighted by Gasteiger charge is -2.59. The highest BCUT2D eigenvalue weighted by Gasteiger charge is 2.61. The summed E-state index contributed by atoms with van der Waals surface area (Å²) in [5.41, 5.74) is 1.14. The van der Waals surface area contributed by atoms with E-state index in [2.05, 4.69) is 31.0 Å². The van der Waals surface area contributed by atoms with Gasteiger partial charge in [0.05, 0.1) is 6.10 Å². The van der Waals surface area contributed by atoms with Crippen LogP contribution in [0.25, 0.3) is 6.08 Å². The highest BCUT2D eigenvalue weighted by molar-refractivity contribution is 5.89. The molecule has 1 amide bonds. The molecule has 7 atom stereocenters. The van der Waals surface area contributed by atoms with E-state index in [1.165, 1.54) is 0 Å². The van der Waals surface area contributed by atoms with E-state index in [-0.39, 0.29) is 22.8 Å². The number of carbonyl (C=O) groups is 1. The summed E-state index contributed by atoms with van der Waals surface area (Å²) in [5, 5.41) is 11.3. The van der Waals surface area contributed by atoms with Gasteiger partial charge in [0.25, 0.3) is 0 Å². The fraction of sp³-hybridized carbons (Fsp3) is 0.667. The van der Waals surface area contributed by atoms with Crippen molar-refractivity contribution in [3.63, 3.8) is 0 Å². The third-order valence-corrected chi connectivity index (χ3v) is 9.17. The van der Waals surface area contributed by atoms with Crippen molar-refractivity contribution in [3.05, 3.63) is 35.9 Å². The number of aliphatic hydroxyl groups excluding tert-OH is 1. The Morgan fingerprint density at radius 1 is 1.21 bits per heavy atom. The second-order valence-corrected chi connectivity index (χ2v) is 10.4. The number of aliphatic hydroxyl groups is 1. The molecule has 1 aromatic rings. The molecule has 3 aliphatic carbocycles. The van der Waals surface area contributed by atoms with Gasteiger partial charge in [-0.3, -0.25) is 4.79 Å². The van der Waals surface area contributed by atoms with E-state index in [9.17, 15) is 9.90 Å². The molecule has 3 fully saturated rings. The summed E-state index contributed by atoms with van der Waals surface area (Å²) < 4.78 is 2.01. The second-order valence-electron chi connectivity index (χ2n) is 10.4. The van der Waals surface area contributed by atoms with Crippen LogP contribution in [0.3, 0.4) is 0 Å². The van der Waals surface area contributed by atoms with Gasteiger partial charge in [-0.25, -0.2) is 4.98 Å². The quantitative estimate of drug-likeness (QED) is 0.793. The molecule has 1 aliphatic heterocycles. The molecule has 1 N–H and O–H groups in total. The maximum Gasteiger partial charge on any atom is 0.246 e. The first-order valence-corrected chi connectivity index (χ1v) is 11.1. The minimum atomic E-state index is -0.387. The fourth-order valence-electron chi connectivity index (χ4n) is 7.42. The first-order chi connectivity index (χ1) is 13.8. The Kier molecular flexibility index (Phi) is 4.16. The minimum Gasteiger partial charge on any atom is -0.388 e. The molecule has 0 bridgehead atoms. The molecule has 1 aromatic heterocycles. The Hall–Kier alpha value is -1.88. The molecule has 0 aromatic carbocycles. The van der Waals surface area contributed by atoms with Gasteiger partial charge in [0.15, 0.2) is 0 Å². The van der Waals surface area contributed by atoms with Crippen LogP contribution < -0.4 is 0 Å². The van der Waals surface area contributed by atoms with Crippen molar-refractivity contribution in [3.8, 4) is 0 Å². The zero-order valence-corrected chi connectivity index (χ0v) is 18.0. The maximum absolute atomic E-state index is 12.2. The number of amides is 1. The normalized spacial score (nSPS) is 45.3. The van der Waals surface area contributed by atoms with Crippen LogP contribution in [-0.4, -0.2) is 44.7 Å². The monoisotopic (exact) mass is 395 g/mol. The molecule has 156 valence electrons. The zero-order chi connectivity index (χ0) is 20.6. The molecule has 29 heavy (non-hydrogen) atoms. The van der Waals surface area contributed by atoms with Crippen LogP contribution >= 0.6 is 0 Å². The highest BCUT2D eigenvalue weighted by Crippen LogP contribution is 2.64. The number of imidazole rings is 1. The van der Waals surface area contributed by atoms with Gasteiger partial charge in [-0.15, -0.1) is 0 Å². The number of hydrogen-bond acceptors (Lipinski definition) is 3. The average molecular weight is 396 g/mol. The molecule has 5 rings (SSSR count). The summed E-state index contributed by atoms with van der Waals surface area (Å²) in [6.07, 6.45) is 14.9. The molecular formula is C24H33N3O2. The molecule has 5 heteroatoms. The smallest absolute Gasteiger partial charge is 0.246 e. The summed E-state index contributed by atoms with van der Waals surface area (Å²) in [6, 6.07) is 0.305. The van der Waals surface area contributed by atoms with E-state index in [0.29, 0.717) is 23.8 Å². The summed E-state index contributed by atoms with van der Waals surface area (Å²) in [4.78, 5) is 18.7. The van der Waals surface area contributed by atoms with Crippen molar-refractivity contribution in [1.29, 1.82) is 0 Å². The van der Waals surface area contributed by atoms with Crippen molar-refractivity contribution in [2.45, 2.75) is 58.1 Å². The van der Waals surface area contributed by atoms with E-state index in [0.717, 1.165) is 43.5 Å². The zero-order valence-electron chi connectivity index (χ0n) is 18.0. The van der Waals surface area contributed by atoms with Gasteiger partial charge in [-0.2, -0.15) is 0 Å². The Labute approximate surface area is 173 Å². The van der Waals surface area contributed by atoms with Crippen LogP contribution in [0.5, 0.6) is 0 Å². The van der Waals surface area contributed by atoms with E-state index in [4.69, 9.17) is 0 Å². The SMILES string of the molecule is CN1C(=O)C=C[C@]2(C)[C@H]3CC[C@]4(C)[C@@H](O)/C(=C/c5nccn5C)C[C@H]4[C@@H]3CC[C@@H]12. The maximum atomic E-state index is 12.2. The standard InChI is InChI=1S/C24H33N3O2/c1-23-10-8-21(28)27(4)19(23)6-5-16-17(23)7-9-24(2)18(16)13-15(22(24)29)14-20-25-11-12-26(20)3/h8,10-12,14,16-19,22,29H,5-7,9,13H2,1-4H3/b15-14+/t16-,17+,18+,19-,22+,23-,24+/m1/s1. The topological polar surface area (TPSA) is 58.4 Å². The average Bonchev–Trinajstić information content (AvgIpc) is 3.20. The number of hydrogen-bond donors (Lipinski definition) is 1. The largest absolute Gasteiger partial charge is 0.388 e. The molecule has 0 saturated heterocycles. The van der Waals surface area contributed by atoms with Crippen molar-refractivity contribution in [2.75, 3.05) is 7.05 Å². The number of aromatic nitrogens is 2. The Bertz CT molecular complexity index is 902. The Morgan fingerprint density at radius 2 is 2.00 bits per heavy atom. The second kappa shape index (κ2) is 6.31. The van der Waals surface area contributed by atoms with Crippen molar-refractivity contribution < 1.29 is 9.90 Å². The number of carbonyl (C=O) groups excluding carboxylic acids is 1. The fourth-order valence-corrected chi connectivity index (χ4v) is 7.42. The van der Waals surface area contributed by atoms with Crippen molar-refractivity contribution in [1.82, 2.24) is 14.5 Å². The van der Waals surface area contributed by atoms with Gasteiger partial charge < -0.3 is 14.6 Å². The first kappa shape index (κ1) is 19.1. The molecule has 0 spiro atoms. The Morgan fingerprint density at radius 3 is 2.72 bits per heavy atom. The van der Waals surface area contributed by atoms with Crippen LogP contribution in [0, 0.1) is 28.6 Å². The molecule has 4 aliphatic rings. The van der Waals surface area contributed by atoms with Gasteiger partial charge >= 0.3 is 0 Å². The lowest BCUT2D eigenvalue weighted by Crippen LogP contribution is -2.59. The van der Waals surface area contributed by atoms with Crippen LogP contribution in [0.4, 0.5) is 0 Å². The summed E-state index contributed by atoms with van der Waals surface area (Å²) in [7, 11) is 3.97. The van der Waals surface area contributed by atoms with E-state index < -0.39 is 0 Å². The van der Waals surface area contributed by atoms with Crippen LogP contribution in [0.1, 0.15) is 51.8 Å². The van der Waals surface area contributed by atoms with Gasteiger partial charge in [0, 0.05) is 43.4 Å². The Balaban J connectivity index is 1.49. The van der Waals surface area contributed by atoms with E-state index in [1.807, 2.05) is 36.0 Å². The highest BCUT2D eigenvalue weighted by atomic mass is 16.3. The van der Waals surface area contributed by atoms with Crippen molar-refractivity contribution in [2.24, 2.45) is 35.6 Å². The third-order valence-electron chi connectivity index (χ3n) is 9.17. The first-order valence-electron chi connectivity index (χ1n) is 11.1. The number of likely N-dealkylation sites (N-methyl/N-ethyl adjacent to an activating group) is 1. The molecular weight excluding hydrogens is 362 g/mol.